The summed E-state index contributed by atoms with van der Waals surface area (Å²) in [5.41, 5.74) is 6.65. The van der Waals surface area contributed by atoms with Crippen molar-refractivity contribution in [1.29, 1.82) is 0 Å². The zero-order valence-electron chi connectivity index (χ0n) is 9.23. The van der Waals surface area contributed by atoms with Crippen LogP contribution in [0.25, 0.3) is 0 Å². The van der Waals surface area contributed by atoms with Crippen LogP contribution in [-0.4, -0.2) is 24.7 Å². The lowest BCUT2D eigenvalue weighted by atomic mass is 10.3. The number of aromatic nitrogens is 1. The highest BCUT2D eigenvalue weighted by molar-refractivity contribution is 5.64. The first-order chi connectivity index (χ1) is 7.26. The number of hydrogen-bond donors (Lipinski definition) is 1. The Bertz CT molecular complexity index is 350. The van der Waals surface area contributed by atoms with Gasteiger partial charge < -0.3 is 15.4 Å². The molecule has 0 aliphatic heterocycles. The van der Waals surface area contributed by atoms with E-state index in [0.717, 1.165) is 18.1 Å². The standard InChI is InChI=1S/C11H17N3O/c1-3-14(8-4-5-8)11-9(12)6-7-10(13-11)15-2/h6-8H,3-5,12H2,1-2H3. The second-order valence-corrected chi connectivity index (χ2v) is 3.78. The summed E-state index contributed by atoms with van der Waals surface area (Å²) in [5, 5.41) is 0. The molecule has 15 heavy (non-hydrogen) atoms. The van der Waals surface area contributed by atoms with E-state index < -0.39 is 0 Å². The molecule has 1 saturated carbocycles. The van der Waals surface area contributed by atoms with Gasteiger partial charge in [0.05, 0.1) is 12.8 Å². The van der Waals surface area contributed by atoms with Gasteiger partial charge in [0.2, 0.25) is 5.88 Å². The molecule has 1 aromatic heterocycles. The lowest BCUT2D eigenvalue weighted by Crippen LogP contribution is -2.27. The SMILES string of the molecule is CCN(c1nc(OC)ccc1N)C1CC1. The Morgan fingerprint density at radius 3 is 2.80 bits per heavy atom. The van der Waals surface area contributed by atoms with Crippen LogP contribution >= 0.6 is 0 Å². The van der Waals surface area contributed by atoms with Crippen molar-refractivity contribution in [3.63, 3.8) is 0 Å². The zero-order valence-corrected chi connectivity index (χ0v) is 9.23. The minimum atomic E-state index is 0.622. The molecule has 4 nitrogen and oxygen atoms in total. The van der Waals surface area contributed by atoms with E-state index in [4.69, 9.17) is 10.5 Å². The maximum Gasteiger partial charge on any atom is 0.215 e. The van der Waals surface area contributed by atoms with Crippen LogP contribution in [0, 0.1) is 0 Å². The molecule has 1 heterocycles. The van der Waals surface area contributed by atoms with E-state index in [1.54, 1.807) is 13.2 Å². The first-order valence-electron chi connectivity index (χ1n) is 5.33. The minimum absolute atomic E-state index is 0.622. The normalized spacial score (nSPS) is 15.1. The Morgan fingerprint density at radius 1 is 1.53 bits per heavy atom. The highest BCUT2D eigenvalue weighted by Gasteiger charge is 2.30. The van der Waals surface area contributed by atoms with E-state index >= 15 is 0 Å². The maximum atomic E-state index is 5.93. The van der Waals surface area contributed by atoms with Crippen LogP contribution in [0.15, 0.2) is 12.1 Å². The summed E-state index contributed by atoms with van der Waals surface area (Å²) in [6.07, 6.45) is 2.48. The molecule has 0 bridgehead atoms. The predicted molar refractivity (Wildman–Crippen MR) is 61.2 cm³/mol. The first kappa shape index (κ1) is 10.1. The van der Waals surface area contributed by atoms with Crippen molar-refractivity contribution >= 4 is 11.5 Å². The topological polar surface area (TPSA) is 51.4 Å². The number of nitrogens with two attached hydrogens (primary N) is 1. The molecular formula is C11H17N3O. The molecule has 0 aromatic carbocycles. The van der Waals surface area contributed by atoms with Crippen LogP contribution < -0.4 is 15.4 Å². The molecule has 2 rings (SSSR count). The van der Waals surface area contributed by atoms with Crippen LogP contribution in [0.5, 0.6) is 5.88 Å². The summed E-state index contributed by atoms with van der Waals surface area (Å²) >= 11 is 0. The van der Waals surface area contributed by atoms with Gasteiger partial charge in [-0.15, -0.1) is 0 Å². The van der Waals surface area contributed by atoms with Crippen molar-refractivity contribution in [3.8, 4) is 5.88 Å². The van der Waals surface area contributed by atoms with Crippen molar-refractivity contribution < 1.29 is 4.74 Å². The third-order valence-electron chi connectivity index (χ3n) is 2.69. The van der Waals surface area contributed by atoms with Crippen LogP contribution in [0.4, 0.5) is 11.5 Å². The Labute approximate surface area is 90.0 Å². The lowest BCUT2D eigenvalue weighted by molar-refractivity contribution is 0.398. The number of ether oxygens (including phenoxy) is 1. The lowest BCUT2D eigenvalue weighted by Gasteiger charge is -2.23. The van der Waals surface area contributed by atoms with Crippen LogP contribution in [0.1, 0.15) is 19.8 Å². The Hall–Kier alpha value is -1.45. The summed E-state index contributed by atoms with van der Waals surface area (Å²) in [6.45, 7) is 3.06. The van der Waals surface area contributed by atoms with Crippen LogP contribution in [0.3, 0.4) is 0 Å². The van der Waals surface area contributed by atoms with Gasteiger partial charge in [0, 0.05) is 18.7 Å². The van der Waals surface area contributed by atoms with E-state index in [1.165, 1.54) is 12.8 Å². The van der Waals surface area contributed by atoms with Crippen LogP contribution in [-0.2, 0) is 0 Å². The third kappa shape index (κ3) is 1.98. The van der Waals surface area contributed by atoms with Crippen molar-refractivity contribution in [2.45, 2.75) is 25.8 Å². The fourth-order valence-corrected chi connectivity index (χ4v) is 1.75. The van der Waals surface area contributed by atoms with Gasteiger partial charge in [0.15, 0.2) is 5.82 Å². The number of hydrogen-bond acceptors (Lipinski definition) is 4. The average molecular weight is 207 g/mol. The summed E-state index contributed by atoms with van der Waals surface area (Å²) < 4.78 is 5.11. The zero-order chi connectivity index (χ0) is 10.8. The molecule has 1 fully saturated rings. The minimum Gasteiger partial charge on any atom is -0.481 e. The third-order valence-corrected chi connectivity index (χ3v) is 2.69. The summed E-state index contributed by atoms with van der Waals surface area (Å²) in [7, 11) is 1.62. The largest absolute Gasteiger partial charge is 0.481 e. The number of nitrogen functional groups attached to an aromatic ring is 1. The number of anilines is 2. The summed E-state index contributed by atoms with van der Waals surface area (Å²) in [6, 6.07) is 4.27. The molecule has 0 saturated heterocycles. The number of methoxy groups -OCH3 is 1. The van der Waals surface area contributed by atoms with Crippen molar-refractivity contribution in [3.05, 3.63) is 12.1 Å². The van der Waals surface area contributed by atoms with Gasteiger partial charge in [-0.3, -0.25) is 0 Å². The molecule has 1 aliphatic rings. The molecule has 2 N–H and O–H groups in total. The van der Waals surface area contributed by atoms with Gasteiger partial charge in [-0.05, 0) is 25.8 Å². The summed E-state index contributed by atoms with van der Waals surface area (Å²) in [4.78, 5) is 6.65. The molecule has 0 spiro atoms. The fraction of sp³-hybridized carbons (Fsp3) is 0.545. The fourth-order valence-electron chi connectivity index (χ4n) is 1.75. The first-order valence-corrected chi connectivity index (χ1v) is 5.33. The predicted octanol–water partition coefficient (Wildman–Crippen LogP) is 1.66. The van der Waals surface area contributed by atoms with Gasteiger partial charge in [-0.1, -0.05) is 0 Å². The average Bonchev–Trinajstić information content (AvgIpc) is 3.06. The van der Waals surface area contributed by atoms with Crippen molar-refractivity contribution in [2.24, 2.45) is 0 Å². The smallest absolute Gasteiger partial charge is 0.215 e. The number of rotatable bonds is 4. The van der Waals surface area contributed by atoms with E-state index in [1.807, 2.05) is 6.07 Å². The molecule has 1 aliphatic carbocycles. The van der Waals surface area contributed by atoms with Gasteiger partial charge >= 0.3 is 0 Å². The van der Waals surface area contributed by atoms with Crippen molar-refractivity contribution in [2.75, 3.05) is 24.3 Å². The summed E-state index contributed by atoms with van der Waals surface area (Å²) in [5.74, 6) is 1.48. The molecule has 82 valence electrons. The molecule has 0 unspecified atom stereocenters. The molecule has 4 heteroatoms. The number of pyridine rings is 1. The van der Waals surface area contributed by atoms with E-state index in [2.05, 4.69) is 16.8 Å². The maximum absolute atomic E-state index is 5.93. The molecule has 0 amide bonds. The highest BCUT2D eigenvalue weighted by Crippen LogP contribution is 2.34. The van der Waals surface area contributed by atoms with Gasteiger partial charge in [-0.2, -0.15) is 4.98 Å². The quantitative estimate of drug-likeness (QED) is 0.815. The Balaban J connectivity index is 2.31. The van der Waals surface area contributed by atoms with Gasteiger partial charge in [0.25, 0.3) is 0 Å². The monoisotopic (exact) mass is 207 g/mol. The van der Waals surface area contributed by atoms with Crippen LogP contribution in [0.2, 0.25) is 0 Å². The van der Waals surface area contributed by atoms with Gasteiger partial charge in [-0.25, -0.2) is 0 Å². The highest BCUT2D eigenvalue weighted by atomic mass is 16.5. The van der Waals surface area contributed by atoms with E-state index in [9.17, 15) is 0 Å². The molecular weight excluding hydrogens is 190 g/mol. The Morgan fingerprint density at radius 2 is 2.27 bits per heavy atom. The molecule has 0 atom stereocenters. The molecule has 1 aromatic rings. The Kier molecular flexibility index (Phi) is 2.66. The van der Waals surface area contributed by atoms with Gasteiger partial charge in [0.1, 0.15) is 0 Å². The second kappa shape index (κ2) is 3.96. The molecule has 0 radical (unpaired) electrons. The van der Waals surface area contributed by atoms with E-state index in [-0.39, 0.29) is 0 Å². The second-order valence-electron chi connectivity index (χ2n) is 3.78. The van der Waals surface area contributed by atoms with Crippen molar-refractivity contribution in [1.82, 2.24) is 4.98 Å². The number of nitrogens with zero attached hydrogens (tertiary/aromatic N) is 2. The van der Waals surface area contributed by atoms with E-state index in [0.29, 0.717) is 11.9 Å².